The van der Waals surface area contributed by atoms with Crippen LogP contribution in [0.1, 0.15) is 108 Å². The van der Waals surface area contributed by atoms with Gasteiger partial charge >= 0.3 is 11.9 Å². The van der Waals surface area contributed by atoms with Gasteiger partial charge in [-0.25, -0.2) is 0 Å². The molecule has 0 amide bonds. The number of rotatable bonds is 9. The van der Waals surface area contributed by atoms with Crippen molar-refractivity contribution < 1.29 is 28.5 Å². The molecule has 1 heterocycles. The van der Waals surface area contributed by atoms with Gasteiger partial charge in [0.25, 0.3) is 0 Å². The molecule has 7 atom stereocenters. The Morgan fingerprint density at radius 3 is 2.66 bits per heavy atom. The van der Waals surface area contributed by atoms with E-state index in [1.165, 1.54) is 24.5 Å². The summed E-state index contributed by atoms with van der Waals surface area (Å²) < 4.78 is 23.1. The van der Waals surface area contributed by atoms with Gasteiger partial charge in [0.05, 0.1) is 13.2 Å². The summed E-state index contributed by atoms with van der Waals surface area (Å²) in [5.41, 5.74) is 3.03. The average Bonchev–Trinajstić information content (AvgIpc) is 3.21. The van der Waals surface area contributed by atoms with Gasteiger partial charge in [-0.15, -0.1) is 0 Å². The van der Waals surface area contributed by atoms with Gasteiger partial charge in [0, 0.05) is 25.7 Å². The van der Waals surface area contributed by atoms with Gasteiger partial charge in [-0.1, -0.05) is 25.8 Å². The zero-order chi connectivity index (χ0) is 26.7. The second-order valence-corrected chi connectivity index (χ2v) is 12.4. The van der Waals surface area contributed by atoms with Crippen molar-refractivity contribution >= 4 is 11.9 Å². The van der Waals surface area contributed by atoms with Crippen LogP contribution in [0.4, 0.5) is 0 Å². The second kappa shape index (κ2) is 12.0. The van der Waals surface area contributed by atoms with Crippen molar-refractivity contribution in [2.75, 3.05) is 13.2 Å². The van der Waals surface area contributed by atoms with Gasteiger partial charge < -0.3 is 18.9 Å². The Morgan fingerprint density at radius 1 is 1.03 bits per heavy atom. The highest BCUT2D eigenvalue weighted by Gasteiger charge is 2.58. The molecule has 0 bridgehead atoms. The Bertz CT molecular complexity index is 984. The largest absolute Gasteiger partial charge is 0.466 e. The number of unbranched alkanes of at least 4 members (excludes halogenated alkanes) is 2. The lowest BCUT2D eigenvalue weighted by molar-refractivity contribution is -0.155. The maximum Gasteiger partial charge on any atom is 0.302 e. The highest BCUT2D eigenvalue weighted by atomic mass is 16.7. The summed E-state index contributed by atoms with van der Waals surface area (Å²) in [4.78, 5) is 23.0. The molecule has 3 fully saturated rings. The summed E-state index contributed by atoms with van der Waals surface area (Å²) >= 11 is 0. The standard InChI is InChI=1S/C32H46O6/c1-21(33)35-17-7-4-5-9-23-19-24-20-25(38-30-10-6-8-18-36-30)11-12-26(24)27-15-16-32(3)28(31(23)27)13-14-29(32)37-22(2)34/h11-12,20,23,27-31H,4-10,13-19H2,1-3H3/t23-,27-,28+,29+,30?,31-,32+/m1/s1. The van der Waals surface area contributed by atoms with Crippen LogP contribution in [-0.4, -0.2) is 37.5 Å². The molecule has 0 N–H and O–H groups in total. The maximum atomic E-state index is 11.9. The molecule has 0 aromatic heterocycles. The van der Waals surface area contributed by atoms with Gasteiger partial charge in [0.15, 0.2) is 6.29 Å². The predicted molar refractivity (Wildman–Crippen MR) is 145 cm³/mol. The summed E-state index contributed by atoms with van der Waals surface area (Å²) in [7, 11) is 0. The number of esters is 2. The van der Waals surface area contributed by atoms with Crippen molar-refractivity contribution in [3.63, 3.8) is 0 Å². The van der Waals surface area contributed by atoms with Crippen molar-refractivity contribution in [3.8, 4) is 5.75 Å². The van der Waals surface area contributed by atoms with E-state index in [2.05, 4.69) is 25.1 Å². The quantitative estimate of drug-likeness (QED) is 0.262. The Morgan fingerprint density at radius 2 is 1.89 bits per heavy atom. The smallest absolute Gasteiger partial charge is 0.302 e. The number of ether oxygens (including phenoxy) is 4. The normalized spacial score (nSPS) is 34.0. The average molecular weight is 527 g/mol. The Balaban J connectivity index is 1.34. The third-order valence-electron chi connectivity index (χ3n) is 10.0. The first-order valence-corrected chi connectivity index (χ1v) is 15.1. The lowest BCUT2D eigenvalue weighted by Crippen LogP contribution is -2.48. The fourth-order valence-corrected chi connectivity index (χ4v) is 8.32. The van der Waals surface area contributed by atoms with Gasteiger partial charge in [-0.2, -0.15) is 0 Å². The van der Waals surface area contributed by atoms with E-state index in [9.17, 15) is 9.59 Å². The van der Waals surface area contributed by atoms with E-state index in [-0.39, 0.29) is 29.7 Å². The fourth-order valence-electron chi connectivity index (χ4n) is 8.32. The van der Waals surface area contributed by atoms with E-state index in [1.807, 2.05) is 0 Å². The molecule has 38 heavy (non-hydrogen) atoms. The lowest BCUT2D eigenvalue weighted by Gasteiger charge is -2.53. The lowest BCUT2D eigenvalue weighted by atomic mass is 9.52. The molecular formula is C32H46O6. The minimum Gasteiger partial charge on any atom is -0.466 e. The van der Waals surface area contributed by atoms with E-state index in [0.717, 1.165) is 83.0 Å². The Labute approximate surface area is 228 Å². The van der Waals surface area contributed by atoms with E-state index in [4.69, 9.17) is 18.9 Å². The molecule has 3 aliphatic carbocycles. The van der Waals surface area contributed by atoms with Crippen LogP contribution in [0.2, 0.25) is 0 Å². The summed E-state index contributed by atoms with van der Waals surface area (Å²) in [6.07, 6.45) is 13.0. The molecular weight excluding hydrogens is 480 g/mol. The molecule has 1 aromatic carbocycles. The molecule has 1 saturated heterocycles. The minimum atomic E-state index is -0.196. The van der Waals surface area contributed by atoms with Crippen molar-refractivity contribution in [3.05, 3.63) is 29.3 Å². The van der Waals surface area contributed by atoms with Crippen LogP contribution in [0.3, 0.4) is 0 Å². The monoisotopic (exact) mass is 526 g/mol. The van der Waals surface area contributed by atoms with Gasteiger partial charge in [0.2, 0.25) is 0 Å². The van der Waals surface area contributed by atoms with Crippen LogP contribution in [0.5, 0.6) is 5.75 Å². The Hall–Kier alpha value is -2.08. The third kappa shape index (κ3) is 5.90. The molecule has 6 nitrogen and oxygen atoms in total. The third-order valence-corrected chi connectivity index (χ3v) is 10.0. The summed E-state index contributed by atoms with van der Waals surface area (Å²) in [6.45, 7) is 6.72. The number of carbonyl (C=O) groups is 2. The second-order valence-electron chi connectivity index (χ2n) is 12.4. The van der Waals surface area contributed by atoms with Gasteiger partial charge in [-0.3, -0.25) is 9.59 Å². The number of fused-ring (bicyclic) bond motifs is 5. The van der Waals surface area contributed by atoms with Crippen molar-refractivity contribution in [1.82, 2.24) is 0 Å². The first-order valence-electron chi connectivity index (χ1n) is 15.1. The van der Waals surface area contributed by atoms with E-state index in [0.29, 0.717) is 30.3 Å². The molecule has 1 aliphatic heterocycles. The maximum absolute atomic E-state index is 11.9. The minimum absolute atomic E-state index is 0.0444. The van der Waals surface area contributed by atoms with E-state index in [1.54, 1.807) is 6.92 Å². The number of hydrogen-bond donors (Lipinski definition) is 0. The molecule has 2 saturated carbocycles. The fraction of sp³-hybridized carbons (Fsp3) is 0.750. The number of benzene rings is 1. The van der Waals surface area contributed by atoms with E-state index < -0.39 is 0 Å². The van der Waals surface area contributed by atoms with Crippen LogP contribution in [0.25, 0.3) is 0 Å². The van der Waals surface area contributed by atoms with E-state index >= 15 is 0 Å². The summed E-state index contributed by atoms with van der Waals surface area (Å²) in [5, 5.41) is 0. The highest BCUT2D eigenvalue weighted by molar-refractivity contribution is 5.66. The first-order chi connectivity index (χ1) is 18.3. The molecule has 1 aromatic rings. The predicted octanol–water partition coefficient (Wildman–Crippen LogP) is 6.73. The molecule has 4 aliphatic rings. The molecule has 210 valence electrons. The number of hydrogen-bond acceptors (Lipinski definition) is 6. The van der Waals surface area contributed by atoms with Gasteiger partial charge in [0.1, 0.15) is 11.9 Å². The molecule has 1 unspecified atom stereocenters. The van der Waals surface area contributed by atoms with Crippen LogP contribution in [0, 0.1) is 23.2 Å². The molecule has 6 heteroatoms. The first kappa shape index (κ1) is 27.5. The Kier molecular flexibility index (Phi) is 8.66. The van der Waals surface area contributed by atoms with Gasteiger partial charge in [-0.05, 0) is 105 Å². The van der Waals surface area contributed by atoms with Crippen LogP contribution < -0.4 is 4.74 Å². The van der Waals surface area contributed by atoms with Crippen molar-refractivity contribution in [2.45, 2.75) is 116 Å². The molecule has 5 rings (SSSR count). The topological polar surface area (TPSA) is 71.1 Å². The highest BCUT2D eigenvalue weighted by Crippen LogP contribution is 2.63. The van der Waals surface area contributed by atoms with Crippen molar-refractivity contribution in [1.29, 1.82) is 0 Å². The SMILES string of the molecule is CC(=O)OCCCCC[C@@H]1Cc2cc(OC3CCCCO3)ccc2[C@H]2CC[C@]3(C)[C@@H](OC(C)=O)CC[C@H]3[C@H]12. The van der Waals surface area contributed by atoms with Crippen LogP contribution >= 0.6 is 0 Å². The van der Waals surface area contributed by atoms with Crippen LogP contribution in [-0.2, 0) is 30.2 Å². The molecule has 0 spiro atoms. The summed E-state index contributed by atoms with van der Waals surface area (Å²) in [6, 6.07) is 6.79. The zero-order valence-corrected chi connectivity index (χ0v) is 23.5. The van der Waals surface area contributed by atoms with Crippen LogP contribution in [0.15, 0.2) is 18.2 Å². The van der Waals surface area contributed by atoms with Crippen molar-refractivity contribution in [2.24, 2.45) is 23.2 Å². The molecule has 0 radical (unpaired) electrons. The zero-order valence-electron chi connectivity index (χ0n) is 23.5. The summed E-state index contributed by atoms with van der Waals surface area (Å²) in [5.74, 6) is 2.94. The number of carbonyl (C=O) groups excluding carboxylic acids is 2.